The summed E-state index contributed by atoms with van der Waals surface area (Å²) in [5.74, 6) is 0.0582. The second-order valence-electron chi connectivity index (χ2n) is 8.04. The molecule has 0 unspecified atom stereocenters. The molecule has 2 aromatic rings. The average molecular weight is 373 g/mol. The molecule has 27 heavy (non-hydrogen) atoms. The molecule has 1 aliphatic rings. The molecule has 1 aromatic heterocycles. The van der Waals surface area contributed by atoms with Crippen molar-refractivity contribution in [2.75, 3.05) is 0 Å². The number of benzene rings is 1. The van der Waals surface area contributed by atoms with Crippen LogP contribution in [0.5, 0.6) is 0 Å². The highest BCUT2D eigenvalue weighted by Gasteiger charge is 2.21. The number of hydrogen-bond donors (Lipinski definition) is 0. The van der Waals surface area contributed by atoms with Gasteiger partial charge in [0, 0.05) is 5.56 Å². The van der Waals surface area contributed by atoms with Crippen molar-refractivity contribution in [3.8, 4) is 11.3 Å². The number of rotatable bonds is 7. The summed E-state index contributed by atoms with van der Waals surface area (Å²) in [6.07, 6.45) is 11.5. The smallest absolute Gasteiger partial charge is 0.168 e. The summed E-state index contributed by atoms with van der Waals surface area (Å²) in [6, 6.07) is 6.78. The van der Waals surface area contributed by atoms with Gasteiger partial charge in [0.05, 0.1) is 11.4 Å². The number of unbranched alkanes of at least 4 members (excludes halogenated alkanes) is 1. The van der Waals surface area contributed by atoms with Gasteiger partial charge in [-0.2, -0.15) is 10.2 Å². The van der Waals surface area contributed by atoms with Gasteiger partial charge in [-0.15, -0.1) is 0 Å². The summed E-state index contributed by atoms with van der Waals surface area (Å²) >= 11 is 0. The first-order chi connectivity index (χ1) is 13.1. The van der Waals surface area contributed by atoms with Crippen LogP contribution in [0, 0.1) is 30.4 Å². The van der Waals surface area contributed by atoms with Gasteiger partial charge in [-0.3, -0.25) is 0 Å². The third-order valence-corrected chi connectivity index (χ3v) is 6.01. The van der Waals surface area contributed by atoms with Crippen molar-refractivity contribution in [3.63, 3.8) is 0 Å². The third kappa shape index (κ3) is 5.12. The summed E-state index contributed by atoms with van der Waals surface area (Å²) in [5.41, 5.74) is 1.78. The van der Waals surface area contributed by atoms with E-state index in [-0.39, 0.29) is 5.56 Å². The van der Waals surface area contributed by atoms with E-state index in [4.69, 9.17) is 0 Å². The maximum atomic E-state index is 14.1. The first-order valence-corrected chi connectivity index (χ1v) is 10.4. The zero-order valence-electron chi connectivity index (χ0n) is 16.5. The molecule has 1 fully saturated rings. The van der Waals surface area contributed by atoms with Crippen molar-refractivity contribution < 1.29 is 8.78 Å². The highest BCUT2D eigenvalue weighted by molar-refractivity contribution is 5.60. The van der Waals surface area contributed by atoms with E-state index in [0.29, 0.717) is 11.3 Å². The Morgan fingerprint density at radius 1 is 0.889 bits per heavy atom. The average Bonchev–Trinajstić information content (AvgIpc) is 2.70. The summed E-state index contributed by atoms with van der Waals surface area (Å²) in [6.45, 7) is 3.82. The van der Waals surface area contributed by atoms with Crippen LogP contribution in [0.4, 0.5) is 8.78 Å². The van der Waals surface area contributed by atoms with Crippen LogP contribution in [0.3, 0.4) is 0 Å². The Morgan fingerprint density at radius 3 is 2.22 bits per heavy atom. The monoisotopic (exact) mass is 372 g/mol. The van der Waals surface area contributed by atoms with Crippen molar-refractivity contribution in [2.45, 2.75) is 71.6 Å². The van der Waals surface area contributed by atoms with Crippen LogP contribution in [0.15, 0.2) is 24.3 Å². The second kappa shape index (κ2) is 9.38. The van der Waals surface area contributed by atoms with Crippen molar-refractivity contribution in [2.24, 2.45) is 11.8 Å². The number of hydrogen-bond acceptors (Lipinski definition) is 2. The van der Waals surface area contributed by atoms with Gasteiger partial charge in [0.1, 0.15) is 0 Å². The van der Waals surface area contributed by atoms with E-state index in [0.717, 1.165) is 30.4 Å². The quantitative estimate of drug-likeness (QED) is 0.543. The summed E-state index contributed by atoms with van der Waals surface area (Å²) in [7, 11) is 0. The Morgan fingerprint density at radius 2 is 1.59 bits per heavy atom. The van der Waals surface area contributed by atoms with Crippen molar-refractivity contribution in [3.05, 3.63) is 47.2 Å². The van der Waals surface area contributed by atoms with Crippen LogP contribution in [0.25, 0.3) is 11.3 Å². The van der Waals surface area contributed by atoms with Gasteiger partial charge < -0.3 is 0 Å². The molecule has 0 radical (unpaired) electrons. The topological polar surface area (TPSA) is 25.8 Å². The van der Waals surface area contributed by atoms with Crippen molar-refractivity contribution in [1.82, 2.24) is 10.2 Å². The molecule has 1 aromatic carbocycles. The fraction of sp³-hybridized carbons (Fsp3) is 0.565. The SMILES string of the molecule is CCCCC1CCC(CCc2ccc(-c3ccc(C)c(F)c3F)nn2)CC1. The van der Waals surface area contributed by atoms with E-state index in [1.165, 1.54) is 44.9 Å². The highest BCUT2D eigenvalue weighted by atomic mass is 19.2. The summed E-state index contributed by atoms with van der Waals surface area (Å²) in [4.78, 5) is 0. The van der Waals surface area contributed by atoms with Gasteiger partial charge in [-0.1, -0.05) is 57.9 Å². The Labute approximate surface area is 161 Å². The Bertz CT molecular complexity index is 735. The number of aromatic nitrogens is 2. The van der Waals surface area contributed by atoms with Crippen LogP contribution in [-0.2, 0) is 6.42 Å². The predicted molar refractivity (Wildman–Crippen MR) is 105 cm³/mol. The van der Waals surface area contributed by atoms with E-state index >= 15 is 0 Å². The lowest BCUT2D eigenvalue weighted by Gasteiger charge is -2.28. The zero-order chi connectivity index (χ0) is 19.2. The molecule has 0 N–H and O–H groups in total. The minimum atomic E-state index is -0.850. The Hall–Kier alpha value is -1.84. The second-order valence-corrected chi connectivity index (χ2v) is 8.04. The zero-order valence-corrected chi connectivity index (χ0v) is 16.5. The van der Waals surface area contributed by atoms with Gasteiger partial charge in [-0.25, -0.2) is 8.78 Å². The summed E-state index contributed by atoms with van der Waals surface area (Å²) < 4.78 is 27.9. The first-order valence-electron chi connectivity index (χ1n) is 10.4. The van der Waals surface area contributed by atoms with E-state index in [9.17, 15) is 8.78 Å². The molecule has 0 amide bonds. The molecular weight excluding hydrogens is 342 g/mol. The van der Waals surface area contributed by atoms with Crippen LogP contribution in [-0.4, -0.2) is 10.2 Å². The molecule has 4 heteroatoms. The van der Waals surface area contributed by atoms with Crippen molar-refractivity contribution in [1.29, 1.82) is 0 Å². The number of nitrogens with zero attached hydrogens (tertiary/aromatic N) is 2. The van der Waals surface area contributed by atoms with Gasteiger partial charge in [0.25, 0.3) is 0 Å². The van der Waals surface area contributed by atoms with Crippen molar-refractivity contribution >= 4 is 0 Å². The predicted octanol–water partition coefficient (Wildman–Crippen LogP) is 6.66. The van der Waals surface area contributed by atoms with Crippen LogP contribution in [0.2, 0.25) is 0 Å². The maximum Gasteiger partial charge on any atom is 0.168 e. The van der Waals surface area contributed by atoms with Gasteiger partial charge in [-0.05, 0) is 55.4 Å². The Balaban J connectivity index is 1.52. The molecule has 2 nitrogen and oxygen atoms in total. The van der Waals surface area contributed by atoms with Crippen LogP contribution >= 0.6 is 0 Å². The molecule has 1 heterocycles. The fourth-order valence-electron chi connectivity index (χ4n) is 4.13. The summed E-state index contributed by atoms with van der Waals surface area (Å²) in [5, 5.41) is 8.38. The van der Waals surface area contributed by atoms with Gasteiger partial charge in [0.2, 0.25) is 0 Å². The molecule has 0 spiro atoms. The maximum absolute atomic E-state index is 14.1. The van der Waals surface area contributed by atoms with Gasteiger partial charge in [0.15, 0.2) is 11.6 Å². The van der Waals surface area contributed by atoms with E-state index in [1.54, 1.807) is 25.1 Å². The standard InChI is InChI=1S/C23H30F2N2/c1-3-4-5-17-7-9-18(10-8-17)11-12-19-13-15-21(27-26-19)20-14-6-16(2)22(24)23(20)25/h6,13-15,17-18H,3-5,7-12H2,1-2H3. The van der Waals surface area contributed by atoms with E-state index in [2.05, 4.69) is 17.1 Å². The normalized spacial score (nSPS) is 20.0. The molecule has 1 saturated carbocycles. The molecule has 3 rings (SSSR count). The van der Waals surface area contributed by atoms with Crippen LogP contribution < -0.4 is 0 Å². The molecule has 146 valence electrons. The molecular formula is C23H30F2N2. The lowest BCUT2D eigenvalue weighted by molar-refractivity contribution is 0.249. The fourth-order valence-corrected chi connectivity index (χ4v) is 4.13. The number of halogens is 2. The minimum Gasteiger partial charge on any atom is -0.203 e. The molecule has 1 aliphatic carbocycles. The van der Waals surface area contributed by atoms with Gasteiger partial charge >= 0.3 is 0 Å². The third-order valence-electron chi connectivity index (χ3n) is 6.01. The Kier molecular flexibility index (Phi) is 6.92. The lowest BCUT2D eigenvalue weighted by atomic mass is 9.78. The highest BCUT2D eigenvalue weighted by Crippen LogP contribution is 2.34. The molecule has 0 aliphatic heterocycles. The molecule has 0 saturated heterocycles. The largest absolute Gasteiger partial charge is 0.203 e. The first kappa shape index (κ1) is 19.9. The number of aryl methyl sites for hydroxylation is 2. The van der Waals surface area contributed by atoms with E-state index in [1.807, 2.05) is 6.07 Å². The van der Waals surface area contributed by atoms with Crippen LogP contribution in [0.1, 0.15) is 69.5 Å². The van der Waals surface area contributed by atoms with E-state index < -0.39 is 11.6 Å². The molecule has 0 bridgehead atoms. The molecule has 0 atom stereocenters. The minimum absolute atomic E-state index is 0.169. The lowest BCUT2D eigenvalue weighted by Crippen LogP contribution is -2.15.